The van der Waals surface area contributed by atoms with E-state index in [-0.39, 0.29) is 11.5 Å². The highest BCUT2D eigenvalue weighted by Crippen LogP contribution is 2.41. The second kappa shape index (κ2) is 8.56. The van der Waals surface area contributed by atoms with Crippen molar-refractivity contribution in [1.29, 1.82) is 0 Å². The first-order valence-corrected chi connectivity index (χ1v) is 10.3. The Labute approximate surface area is 178 Å². The third kappa shape index (κ3) is 3.96. The number of ether oxygens (including phenoxy) is 1. The van der Waals surface area contributed by atoms with Crippen molar-refractivity contribution in [1.82, 2.24) is 15.2 Å². The maximum Gasteiger partial charge on any atom is 0.263 e. The second-order valence-electron chi connectivity index (χ2n) is 7.46. The summed E-state index contributed by atoms with van der Waals surface area (Å²) in [5.41, 5.74) is 1.39. The van der Waals surface area contributed by atoms with Gasteiger partial charge in [0.25, 0.3) is 5.91 Å². The molecule has 3 unspecified atom stereocenters. The van der Waals surface area contributed by atoms with Gasteiger partial charge in [-0.15, -0.1) is 0 Å². The third-order valence-corrected chi connectivity index (χ3v) is 5.60. The summed E-state index contributed by atoms with van der Waals surface area (Å²) in [6, 6.07) is 5.37. The molecule has 3 atom stereocenters. The van der Waals surface area contributed by atoms with Gasteiger partial charge in [0.05, 0.1) is 30.1 Å². The number of aromatic nitrogens is 1. The van der Waals surface area contributed by atoms with Crippen LogP contribution in [-0.2, 0) is 11.2 Å². The van der Waals surface area contributed by atoms with Gasteiger partial charge in [0.15, 0.2) is 6.17 Å². The summed E-state index contributed by atoms with van der Waals surface area (Å²) in [5, 5.41) is 2.51. The molecule has 0 saturated carbocycles. The summed E-state index contributed by atoms with van der Waals surface area (Å²) in [4.78, 5) is 22.8. The lowest BCUT2D eigenvalue weighted by atomic mass is 10.0. The van der Waals surface area contributed by atoms with Gasteiger partial charge >= 0.3 is 0 Å². The van der Waals surface area contributed by atoms with Crippen LogP contribution in [0.5, 0.6) is 5.88 Å². The van der Waals surface area contributed by atoms with Crippen LogP contribution in [0.4, 0.5) is 18.9 Å². The fourth-order valence-corrected chi connectivity index (χ4v) is 4.19. The number of hydrogen-bond donors (Lipinski definition) is 1. The van der Waals surface area contributed by atoms with Gasteiger partial charge in [-0.2, -0.15) is 0 Å². The number of nitrogens with zero attached hydrogens (tertiary/aromatic N) is 3. The Morgan fingerprint density at radius 2 is 2.03 bits per heavy atom. The first-order chi connectivity index (χ1) is 14.9. The zero-order valence-corrected chi connectivity index (χ0v) is 17.2. The first-order valence-electron chi connectivity index (χ1n) is 10.3. The van der Waals surface area contributed by atoms with Crippen LogP contribution in [0.3, 0.4) is 0 Å². The van der Waals surface area contributed by atoms with Crippen molar-refractivity contribution in [3.63, 3.8) is 0 Å². The third-order valence-electron chi connectivity index (χ3n) is 5.60. The number of hydrogen-bond acceptors (Lipinski definition) is 4. The van der Waals surface area contributed by atoms with Gasteiger partial charge in [0.2, 0.25) is 11.8 Å². The largest absolute Gasteiger partial charge is 0.478 e. The van der Waals surface area contributed by atoms with E-state index in [0.717, 1.165) is 6.07 Å². The van der Waals surface area contributed by atoms with E-state index >= 15 is 0 Å². The molecule has 0 bridgehead atoms. The summed E-state index contributed by atoms with van der Waals surface area (Å²) in [6.45, 7) is 4.24. The normalized spacial score (nSPS) is 24.3. The molecule has 9 heteroatoms. The minimum Gasteiger partial charge on any atom is -0.478 e. The number of alkyl halides is 1. The van der Waals surface area contributed by atoms with E-state index in [1.807, 2.05) is 13.8 Å². The molecule has 0 spiro atoms. The Bertz CT molecular complexity index is 1030. The van der Waals surface area contributed by atoms with Crippen LogP contribution < -0.4 is 10.1 Å². The molecule has 0 radical (unpaired) electrons. The highest BCUT2D eigenvalue weighted by atomic mass is 19.1. The summed E-state index contributed by atoms with van der Waals surface area (Å²) in [5.74, 6) is -1.58. The monoisotopic (exact) mass is 432 g/mol. The van der Waals surface area contributed by atoms with E-state index in [0.29, 0.717) is 43.1 Å². The molecule has 1 aromatic carbocycles. The number of nitrogens with one attached hydrogen (secondary N) is 1. The van der Waals surface area contributed by atoms with Crippen molar-refractivity contribution in [3.05, 3.63) is 53.2 Å². The van der Waals surface area contributed by atoms with Gasteiger partial charge in [0, 0.05) is 17.7 Å². The van der Waals surface area contributed by atoms with E-state index in [1.54, 1.807) is 17.0 Å². The summed E-state index contributed by atoms with van der Waals surface area (Å²) >= 11 is 0. The molecular weight excluding hydrogens is 409 g/mol. The van der Waals surface area contributed by atoms with Crippen LogP contribution in [0.1, 0.15) is 44.0 Å². The number of benzene rings is 1. The highest BCUT2D eigenvalue weighted by molar-refractivity contribution is 6.03. The van der Waals surface area contributed by atoms with Crippen molar-refractivity contribution in [2.45, 2.75) is 51.4 Å². The minimum absolute atomic E-state index is 0.135. The number of guanidine groups is 1. The van der Waals surface area contributed by atoms with Gasteiger partial charge in [-0.05, 0) is 38.3 Å². The zero-order chi connectivity index (χ0) is 22.1. The summed E-state index contributed by atoms with van der Waals surface area (Å²) < 4.78 is 48.0. The molecule has 31 heavy (non-hydrogen) atoms. The molecule has 6 nitrogen and oxygen atoms in total. The van der Waals surface area contributed by atoms with Gasteiger partial charge in [0.1, 0.15) is 11.6 Å². The van der Waals surface area contributed by atoms with Crippen LogP contribution in [-0.4, -0.2) is 40.6 Å². The molecule has 2 aromatic rings. The fourth-order valence-electron chi connectivity index (χ4n) is 4.19. The minimum atomic E-state index is -1.77. The lowest BCUT2D eigenvalue weighted by molar-refractivity contribution is -0.128. The molecule has 2 aliphatic heterocycles. The van der Waals surface area contributed by atoms with E-state index in [4.69, 9.17) is 4.74 Å². The lowest BCUT2D eigenvalue weighted by Gasteiger charge is -2.38. The molecule has 1 aromatic heterocycles. The summed E-state index contributed by atoms with van der Waals surface area (Å²) in [6.07, 6.45) is -0.454. The maximum absolute atomic E-state index is 14.7. The average Bonchev–Trinajstić information content (AvgIpc) is 3.18. The second-order valence-corrected chi connectivity index (χ2v) is 7.46. The Kier molecular flexibility index (Phi) is 5.84. The van der Waals surface area contributed by atoms with Crippen LogP contribution >= 0.6 is 0 Å². The first kappa shape index (κ1) is 21.1. The number of pyridine rings is 1. The molecular formula is C22H23F3N4O2. The zero-order valence-electron chi connectivity index (χ0n) is 17.2. The van der Waals surface area contributed by atoms with Crippen molar-refractivity contribution in [3.8, 4) is 5.88 Å². The number of fused-ring (bicyclic) bond motifs is 1. The molecule has 4 rings (SSSR count). The molecule has 0 aliphatic carbocycles. The number of aryl methyl sites for hydroxylation is 1. The number of rotatable bonds is 5. The molecule has 2 saturated heterocycles. The molecule has 1 amide bonds. The topological polar surface area (TPSA) is 66.8 Å². The van der Waals surface area contributed by atoms with Gasteiger partial charge in [-0.1, -0.05) is 13.0 Å². The predicted octanol–water partition coefficient (Wildman–Crippen LogP) is 3.98. The van der Waals surface area contributed by atoms with Crippen molar-refractivity contribution < 1.29 is 22.7 Å². The van der Waals surface area contributed by atoms with E-state index in [1.165, 1.54) is 12.1 Å². The van der Waals surface area contributed by atoms with Gasteiger partial charge in [-0.25, -0.2) is 23.1 Å². The number of amides is 1. The standard InChI is InChI=1S/C22H23F3N4O2/c1-3-15-16(7-10-19(26-15)31-4-2)27-22-28-21(30)20(25)18-9-8-17(29(18)22)13-6-5-12(23)11-14(13)24/h5-7,10-11,17-18,20H,3-4,8-9H2,1-2H3,(H,27,28,30). The molecule has 3 heterocycles. The molecule has 1 N–H and O–H groups in total. The van der Waals surface area contributed by atoms with Gasteiger partial charge in [-0.3, -0.25) is 10.1 Å². The SMILES string of the molecule is CCOc1ccc(N=C2NC(=O)C(F)C3CCC(c4ccc(F)cc4F)N23)c(CC)n1. The van der Waals surface area contributed by atoms with E-state index in [9.17, 15) is 18.0 Å². The van der Waals surface area contributed by atoms with Crippen LogP contribution in [0.25, 0.3) is 0 Å². The summed E-state index contributed by atoms with van der Waals surface area (Å²) in [7, 11) is 0. The average molecular weight is 432 g/mol. The van der Waals surface area contributed by atoms with Crippen molar-refractivity contribution in [2.24, 2.45) is 4.99 Å². The number of carbonyl (C=O) groups is 1. The Balaban J connectivity index is 1.76. The predicted molar refractivity (Wildman–Crippen MR) is 109 cm³/mol. The lowest BCUT2D eigenvalue weighted by Crippen LogP contribution is -2.60. The van der Waals surface area contributed by atoms with E-state index < -0.39 is 35.8 Å². The van der Waals surface area contributed by atoms with Gasteiger partial charge < -0.3 is 9.64 Å². The molecule has 164 valence electrons. The fraction of sp³-hybridized carbons (Fsp3) is 0.409. The maximum atomic E-state index is 14.7. The number of carbonyl (C=O) groups excluding carboxylic acids is 1. The Morgan fingerprint density at radius 1 is 1.23 bits per heavy atom. The Hall–Kier alpha value is -3.10. The smallest absolute Gasteiger partial charge is 0.263 e. The van der Waals surface area contributed by atoms with Crippen LogP contribution in [0, 0.1) is 11.6 Å². The van der Waals surface area contributed by atoms with Crippen LogP contribution in [0.2, 0.25) is 0 Å². The molecule has 2 aliphatic rings. The van der Waals surface area contributed by atoms with E-state index in [2.05, 4.69) is 15.3 Å². The number of aliphatic imine (C=N–C) groups is 1. The Morgan fingerprint density at radius 3 is 2.74 bits per heavy atom. The highest BCUT2D eigenvalue weighted by Gasteiger charge is 2.48. The van der Waals surface area contributed by atoms with Crippen molar-refractivity contribution >= 4 is 17.6 Å². The number of halogens is 3. The molecule has 2 fully saturated rings. The van der Waals surface area contributed by atoms with Crippen molar-refractivity contribution in [2.75, 3.05) is 6.61 Å². The quantitative estimate of drug-likeness (QED) is 0.776. The van der Waals surface area contributed by atoms with Crippen LogP contribution in [0.15, 0.2) is 35.3 Å².